The van der Waals surface area contributed by atoms with Crippen LogP contribution in [-0.2, 0) is 26.1 Å². The largest absolute Gasteiger partial charge is 0.504 e. The van der Waals surface area contributed by atoms with Crippen molar-refractivity contribution >= 4 is 5.97 Å². The molecule has 6 rings (SSSR count). The number of carboxylic acid groups (broad SMARTS) is 1. The molecule has 3 unspecified atom stereocenters. The number of nitrogens with zero attached hydrogens (tertiary/aromatic N) is 1. The lowest BCUT2D eigenvalue weighted by atomic mass is 9.53. The number of phenols is 1. The number of benzene rings is 1. The summed E-state index contributed by atoms with van der Waals surface area (Å²) in [6, 6.07) is 3.85. The van der Waals surface area contributed by atoms with E-state index in [1.165, 1.54) is 0 Å². The highest BCUT2D eigenvalue weighted by Crippen LogP contribution is 2.62. The van der Waals surface area contributed by atoms with Gasteiger partial charge in [0, 0.05) is 22.9 Å². The van der Waals surface area contributed by atoms with Crippen LogP contribution in [0.5, 0.6) is 11.5 Å². The molecular formula is C23H27NO9. The topological polar surface area (TPSA) is 149 Å². The Morgan fingerprint density at radius 1 is 1.18 bits per heavy atom. The van der Waals surface area contributed by atoms with Crippen LogP contribution in [0.1, 0.15) is 17.5 Å². The van der Waals surface area contributed by atoms with Gasteiger partial charge in [-0.25, -0.2) is 4.79 Å². The number of likely N-dealkylation sites (tertiary alicyclic amines) is 1. The summed E-state index contributed by atoms with van der Waals surface area (Å²) in [6.07, 6.45) is -4.16. The molecule has 0 saturated carbocycles. The van der Waals surface area contributed by atoms with Gasteiger partial charge in [0.2, 0.25) is 0 Å². The van der Waals surface area contributed by atoms with Crippen molar-refractivity contribution in [2.24, 2.45) is 5.92 Å². The average molecular weight is 461 g/mol. The molecule has 10 nitrogen and oxygen atoms in total. The predicted octanol–water partition coefficient (Wildman–Crippen LogP) is -0.885. The maximum atomic E-state index is 11.5. The standard InChI is InChI=1S/C23H27NO9/c1-24-7-6-23-10-3-5-13(31-22-17(28)15(26)16(27)19(33-22)21(29)30)20(23)32-18-12(25)4-2-9(14(18)23)8-11(10)24/h2-5,10-11,13,15-17,19-20,22,25-28H,6-8H2,1H3,(H,29,30)/t10?,11-,13+,15+,16-,17?,19?,20+,22+,23+/m1/s1. The fourth-order valence-electron chi connectivity index (χ4n) is 6.66. The summed E-state index contributed by atoms with van der Waals surface area (Å²) in [7, 11) is 2.11. The van der Waals surface area contributed by atoms with E-state index in [0.717, 1.165) is 30.5 Å². The van der Waals surface area contributed by atoms with Crippen molar-refractivity contribution in [2.45, 2.75) is 67.2 Å². The van der Waals surface area contributed by atoms with E-state index < -0.39 is 54.3 Å². The highest BCUT2D eigenvalue weighted by molar-refractivity contribution is 5.73. The number of aromatic hydroxyl groups is 1. The Morgan fingerprint density at radius 2 is 1.97 bits per heavy atom. The number of aliphatic hydroxyl groups is 3. The molecule has 1 aromatic rings. The number of phenolic OH excluding ortho intramolecular Hbond substituents is 1. The van der Waals surface area contributed by atoms with Crippen molar-refractivity contribution < 1.29 is 44.5 Å². The number of carboxylic acids is 1. The maximum absolute atomic E-state index is 11.5. The Labute approximate surface area is 189 Å². The van der Waals surface area contributed by atoms with Gasteiger partial charge in [0.25, 0.3) is 0 Å². The molecule has 0 aromatic heterocycles. The van der Waals surface area contributed by atoms with Crippen LogP contribution in [0.15, 0.2) is 24.3 Å². The number of ether oxygens (including phenoxy) is 3. The normalized spacial score (nSPS) is 45.4. The summed E-state index contributed by atoms with van der Waals surface area (Å²) in [5, 5.41) is 50.5. The first-order chi connectivity index (χ1) is 15.7. The van der Waals surface area contributed by atoms with E-state index in [0.29, 0.717) is 5.75 Å². The lowest BCUT2D eigenvalue weighted by Gasteiger charge is -2.57. The van der Waals surface area contributed by atoms with Crippen LogP contribution in [0.25, 0.3) is 0 Å². The van der Waals surface area contributed by atoms with Gasteiger partial charge in [0.1, 0.15) is 30.5 Å². The van der Waals surface area contributed by atoms with Gasteiger partial charge in [-0.15, -0.1) is 0 Å². The van der Waals surface area contributed by atoms with Crippen molar-refractivity contribution in [3.05, 3.63) is 35.4 Å². The Morgan fingerprint density at radius 3 is 2.73 bits per heavy atom. The van der Waals surface area contributed by atoms with Crippen LogP contribution in [0, 0.1) is 5.92 Å². The van der Waals surface area contributed by atoms with Crippen LogP contribution >= 0.6 is 0 Å². The van der Waals surface area contributed by atoms with Gasteiger partial charge in [0.05, 0.1) is 0 Å². The summed E-state index contributed by atoms with van der Waals surface area (Å²) >= 11 is 0. The molecule has 0 radical (unpaired) electrons. The molecule has 10 heteroatoms. The third-order valence-electron chi connectivity index (χ3n) is 8.23. The molecule has 2 fully saturated rings. The Kier molecular flexibility index (Phi) is 4.62. The van der Waals surface area contributed by atoms with Gasteiger partial charge in [-0.2, -0.15) is 0 Å². The van der Waals surface area contributed by atoms with E-state index in [2.05, 4.69) is 18.0 Å². The first-order valence-electron chi connectivity index (χ1n) is 11.2. The Bertz CT molecular complexity index is 1030. The molecule has 2 aliphatic carbocycles. The number of carbonyl (C=O) groups is 1. The summed E-state index contributed by atoms with van der Waals surface area (Å²) in [6.45, 7) is 0.838. The second-order valence-electron chi connectivity index (χ2n) is 9.78. The SMILES string of the molecule is CN1CC[C@]23c4c5ccc(O)c4O[C@H]2[C@@H](O[C@H]2OC(C(=O)O)[C@H](O)[C@H](O)C2O)C=CC3[C@H]1C5. The highest BCUT2D eigenvalue weighted by atomic mass is 16.7. The second kappa shape index (κ2) is 7.14. The fourth-order valence-corrected chi connectivity index (χ4v) is 6.66. The second-order valence-corrected chi connectivity index (χ2v) is 9.78. The quantitative estimate of drug-likeness (QED) is 0.359. The Balaban J connectivity index is 1.38. The zero-order chi connectivity index (χ0) is 23.2. The molecule has 178 valence electrons. The molecule has 3 heterocycles. The fraction of sp³-hybridized carbons (Fsp3) is 0.609. The minimum absolute atomic E-state index is 0.0610. The molecule has 5 aliphatic rings. The minimum Gasteiger partial charge on any atom is -0.504 e. The monoisotopic (exact) mass is 461 g/mol. The number of rotatable bonds is 3. The van der Waals surface area contributed by atoms with E-state index >= 15 is 0 Å². The van der Waals surface area contributed by atoms with Crippen LogP contribution in [0.2, 0.25) is 0 Å². The first kappa shape index (κ1) is 21.3. The van der Waals surface area contributed by atoms with Crippen molar-refractivity contribution in [3.63, 3.8) is 0 Å². The molecule has 1 aromatic carbocycles. The molecule has 5 N–H and O–H groups in total. The summed E-state index contributed by atoms with van der Waals surface area (Å²) < 4.78 is 17.7. The van der Waals surface area contributed by atoms with Gasteiger partial charge in [0.15, 0.2) is 23.9 Å². The number of likely N-dealkylation sites (N-methyl/N-ethyl adjacent to an activating group) is 1. The highest BCUT2D eigenvalue weighted by Gasteiger charge is 2.65. The molecule has 10 atom stereocenters. The zero-order valence-corrected chi connectivity index (χ0v) is 17.9. The van der Waals surface area contributed by atoms with E-state index in [-0.39, 0.29) is 17.7 Å². The lowest BCUT2D eigenvalue weighted by molar-refractivity contribution is -0.307. The van der Waals surface area contributed by atoms with Crippen molar-refractivity contribution in [2.75, 3.05) is 13.6 Å². The number of hydrogen-bond acceptors (Lipinski definition) is 9. The van der Waals surface area contributed by atoms with E-state index in [4.69, 9.17) is 14.2 Å². The molecule has 3 aliphatic heterocycles. The molecule has 1 spiro atoms. The third-order valence-corrected chi connectivity index (χ3v) is 8.23. The van der Waals surface area contributed by atoms with Crippen LogP contribution in [0.4, 0.5) is 0 Å². The number of hydrogen-bond donors (Lipinski definition) is 5. The van der Waals surface area contributed by atoms with Crippen LogP contribution < -0.4 is 4.74 Å². The maximum Gasteiger partial charge on any atom is 0.335 e. The predicted molar refractivity (Wildman–Crippen MR) is 111 cm³/mol. The average Bonchev–Trinajstić information content (AvgIpc) is 3.14. The van der Waals surface area contributed by atoms with E-state index in [9.17, 15) is 30.3 Å². The van der Waals surface area contributed by atoms with Gasteiger partial charge < -0.3 is 44.6 Å². The summed E-state index contributed by atoms with van der Waals surface area (Å²) in [5.74, 6) is -0.824. The molecular weight excluding hydrogens is 434 g/mol. The zero-order valence-electron chi connectivity index (χ0n) is 17.9. The number of aliphatic carboxylic acids is 1. The van der Waals surface area contributed by atoms with Gasteiger partial charge >= 0.3 is 5.97 Å². The molecule has 2 saturated heterocycles. The van der Waals surface area contributed by atoms with Crippen LogP contribution in [-0.4, -0.2) is 98.9 Å². The number of aliphatic hydroxyl groups excluding tert-OH is 3. The van der Waals surface area contributed by atoms with E-state index in [1.54, 1.807) is 6.07 Å². The smallest absolute Gasteiger partial charge is 0.335 e. The van der Waals surface area contributed by atoms with Crippen molar-refractivity contribution in [3.8, 4) is 11.5 Å². The lowest BCUT2D eigenvalue weighted by Crippen LogP contribution is -2.66. The van der Waals surface area contributed by atoms with Gasteiger partial charge in [-0.05, 0) is 38.1 Å². The molecule has 2 bridgehead atoms. The van der Waals surface area contributed by atoms with Gasteiger partial charge in [-0.3, -0.25) is 0 Å². The summed E-state index contributed by atoms with van der Waals surface area (Å²) in [5.41, 5.74) is 1.69. The number of piperidine rings is 1. The van der Waals surface area contributed by atoms with Gasteiger partial charge in [-0.1, -0.05) is 18.2 Å². The minimum atomic E-state index is -1.79. The van der Waals surface area contributed by atoms with Crippen molar-refractivity contribution in [1.82, 2.24) is 4.90 Å². The first-order valence-corrected chi connectivity index (χ1v) is 11.2. The van der Waals surface area contributed by atoms with Crippen LogP contribution in [0.3, 0.4) is 0 Å². The molecule has 0 amide bonds. The third kappa shape index (κ3) is 2.73. The van der Waals surface area contributed by atoms with Crippen molar-refractivity contribution in [1.29, 1.82) is 0 Å². The van der Waals surface area contributed by atoms with E-state index in [1.807, 2.05) is 12.1 Å². The summed E-state index contributed by atoms with van der Waals surface area (Å²) in [4.78, 5) is 13.8. The molecule has 33 heavy (non-hydrogen) atoms. The Hall–Kier alpha value is -2.21.